The summed E-state index contributed by atoms with van der Waals surface area (Å²) >= 11 is 0. The first-order chi connectivity index (χ1) is 9.74. The van der Waals surface area contributed by atoms with E-state index in [-0.39, 0.29) is 5.82 Å². The molecule has 20 heavy (non-hydrogen) atoms. The van der Waals surface area contributed by atoms with Gasteiger partial charge in [0.25, 0.3) is 0 Å². The summed E-state index contributed by atoms with van der Waals surface area (Å²) in [4.78, 5) is 14.1. The van der Waals surface area contributed by atoms with E-state index in [1.807, 2.05) is 17.0 Å². The van der Waals surface area contributed by atoms with Gasteiger partial charge in [0, 0.05) is 19.0 Å². The Labute approximate surface area is 120 Å². The standard InChI is InChI=1S/C17H22FNO/c18-16-6-2-1-5-14(16)8-7-13-4-3-11-19(12-13)17(20)15-9-10-15/h1-2,5-6,13,15H,3-4,7-12H2/t13-/m1/s1. The fourth-order valence-electron chi connectivity index (χ4n) is 3.15. The molecule has 2 aliphatic rings. The Bertz CT molecular complexity index is 484. The predicted octanol–water partition coefficient (Wildman–Crippen LogP) is 3.41. The van der Waals surface area contributed by atoms with E-state index in [1.165, 1.54) is 12.5 Å². The number of benzene rings is 1. The number of halogens is 1. The summed E-state index contributed by atoms with van der Waals surface area (Å²) in [6.45, 7) is 1.80. The van der Waals surface area contributed by atoms with Gasteiger partial charge in [-0.15, -0.1) is 0 Å². The third kappa shape index (κ3) is 3.20. The smallest absolute Gasteiger partial charge is 0.225 e. The topological polar surface area (TPSA) is 20.3 Å². The van der Waals surface area contributed by atoms with Crippen LogP contribution < -0.4 is 0 Å². The van der Waals surface area contributed by atoms with Crippen LogP contribution in [0.25, 0.3) is 0 Å². The molecule has 1 aromatic carbocycles. The van der Waals surface area contributed by atoms with Crippen LogP contribution in [0, 0.1) is 17.7 Å². The van der Waals surface area contributed by atoms with Crippen LogP contribution in [0.2, 0.25) is 0 Å². The van der Waals surface area contributed by atoms with Gasteiger partial charge in [-0.1, -0.05) is 18.2 Å². The van der Waals surface area contributed by atoms with Crippen LogP contribution in [0.5, 0.6) is 0 Å². The molecule has 108 valence electrons. The minimum atomic E-state index is -0.103. The number of rotatable bonds is 4. The molecule has 1 saturated heterocycles. The minimum Gasteiger partial charge on any atom is -0.342 e. The molecule has 2 nitrogen and oxygen atoms in total. The number of hydrogen-bond donors (Lipinski definition) is 0. The van der Waals surface area contributed by atoms with Gasteiger partial charge in [-0.25, -0.2) is 4.39 Å². The maximum atomic E-state index is 13.6. The second-order valence-corrected chi connectivity index (χ2v) is 6.20. The minimum absolute atomic E-state index is 0.103. The van der Waals surface area contributed by atoms with Gasteiger partial charge in [-0.2, -0.15) is 0 Å². The highest BCUT2D eigenvalue weighted by Crippen LogP contribution is 2.33. The SMILES string of the molecule is O=C(C1CC1)N1CCC[C@H](CCc2ccccc2F)C1. The number of aryl methyl sites for hydroxylation is 1. The average molecular weight is 275 g/mol. The van der Waals surface area contributed by atoms with Crippen LogP contribution in [-0.2, 0) is 11.2 Å². The molecule has 0 aromatic heterocycles. The molecular weight excluding hydrogens is 253 g/mol. The molecule has 1 aliphatic carbocycles. The molecule has 1 amide bonds. The van der Waals surface area contributed by atoms with Crippen LogP contribution in [-0.4, -0.2) is 23.9 Å². The normalized spacial score (nSPS) is 22.9. The van der Waals surface area contributed by atoms with Crippen LogP contribution in [0.4, 0.5) is 4.39 Å². The molecule has 3 heteroatoms. The van der Waals surface area contributed by atoms with Crippen molar-refractivity contribution in [3.63, 3.8) is 0 Å². The lowest BCUT2D eigenvalue weighted by Gasteiger charge is -2.33. The Hall–Kier alpha value is -1.38. The molecule has 1 aromatic rings. The molecular formula is C17H22FNO. The van der Waals surface area contributed by atoms with Gasteiger partial charge in [0.05, 0.1) is 0 Å². The quantitative estimate of drug-likeness (QED) is 0.824. The van der Waals surface area contributed by atoms with Crippen molar-refractivity contribution < 1.29 is 9.18 Å². The number of amides is 1. The molecule has 0 bridgehead atoms. The zero-order valence-corrected chi connectivity index (χ0v) is 11.9. The van der Waals surface area contributed by atoms with Crippen molar-refractivity contribution in [1.29, 1.82) is 0 Å². The Morgan fingerprint density at radius 2 is 2.05 bits per heavy atom. The Morgan fingerprint density at radius 1 is 1.25 bits per heavy atom. The van der Waals surface area contributed by atoms with Crippen molar-refractivity contribution >= 4 is 5.91 Å². The van der Waals surface area contributed by atoms with Gasteiger partial charge in [-0.05, 0) is 56.1 Å². The number of carbonyl (C=O) groups is 1. The highest BCUT2D eigenvalue weighted by molar-refractivity contribution is 5.81. The average Bonchev–Trinajstić information content (AvgIpc) is 3.31. The van der Waals surface area contributed by atoms with Crippen molar-refractivity contribution in [2.75, 3.05) is 13.1 Å². The maximum absolute atomic E-state index is 13.6. The van der Waals surface area contributed by atoms with Gasteiger partial charge in [-0.3, -0.25) is 4.79 Å². The first-order valence-corrected chi connectivity index (χ1v) is 7.76. The van der Waals surface area contributed by atoms with E-state index in [4.69, 9.17) is 0 Å². The monoisotopic (exact) mass is 275 g/mol. The Balaban J connectivity index is 1.52. The fraction of sp³-hybridized carbons (Fsp3) is 0.588. The molecule has 1 heterocycles. The number of likely N-dealkylation sites (tertiary alicyclic amines) is 1. The first kappa shape index (κ1) is 13.6. The summed E-state index contributed by atoms with van der Waals surface area (Å²) in [6, 6.07) is 7.02. The second-order valence-electron chi connectivity index (χ2n) is 6.20. The van der Waals surface area contributed by atoms with Gasteiger partial charge in [0.15, 0.2) is 0 Å². The molecule has 0 N–H and O–H groups in total. The summed E-state index contributed by atoms with van der Waals surface area (Å²) in [6.07, 6.45) is 6.19. The largest absolute Gasteiger partial charge is 0.342 e. The lowest BCUT2D eigenvalue weighted by atomic mass is 9.91. The zero-order valence-electron chi connectivity index (χ0n) is 11.9. The van der Waals surface area contributed by atoms with Crippen molar-refractivity contribution in [2.45, 2.75) is 38.5 Å². The van der Waals surface area contributed by atoms with Gasteiger partial charge in [0.2, 0.25) is 5.91 Å². The van der Waals surface area contributed by atoms with Crippen molar-refractivity contribution in [3.05, 3.63) is 35.6 Å². The first-order valence-electron chi connectivity index (χ1n) is 7.76. The van der Waals surface area contributed by atoms with E-state index in [1.54, 1.807) is 6.07 Å². The number of piperidine rings is 1. The van der Waals surface area contributed by atoms with Gasteiger partial charge >= 0.3 is 0 Å². The molecule has 0 spiro atoms. The Morgan fingerprint density at radius 3 is 2.80 bits per heavy atom. The predicted molar refractivity (Wildman–Crippen MR) is 76.7 cm³/mol. The second kappa shape index (κ2) is 5.94. The van der Waals surface area contributed by atoms with E-state index >= 15 is 0 Å². The van der Waals surface area contributed by atoms with Crippen molar-refractivity contribution in [3.8, 4) is 0 Å². The summed E-state index contributed by atoms with van der Waals surface area (Å²) in [5, 5.41) is 0. The number of hydrogen-bond acceptors (Lipinski definition) is 1. The summed E-state index contributed by atoms with van der Waals surface area (Å²) in [5.74, 6) is 1.11. The van der Waals surface area contributed by atoms with Crippen molar-refractivity contribution in [2.24, 2.45) is 11.8 Å². The maximum Gasteiger partial charge on any atom is 0.225 e. The highest BCUT2D eigenvalue weighted by atomic mass is 19.1. The van der Waals surface area contributed by atoms with E-state index in [0.29, 0.717) is 17.7 Å². The summed E-state index contributed by atoms with van der Waals surface area (Å²) < 4.78 is 13.6. The summed E-state index contributed by atoms with van der Waals surface area (Å²) in [7, 11) is 0. The molecule has 1 aliphatic heterocycles. The summed E-state index contributed by atoms with van der Waals surface area (Å²) in [5.41, 5.74) is 0.804. The molecule has 2 fully saturated rings. The number of carbonyl (C=O) groups excluding carboxylic acids is 1. The lowest BCUT2D eigenvalue weighted by molar-refractivity contribution is -0.134. The van der Waals surface area contributed by atoms with E-state index in [0.717, 1.165) is 50.8 Å². The van der Waals surface area contributed by atoms with Crippen molar-refractivity contribution in [1.82, 2.24) is 4.90 Å². The van der Waals surface area contributed by atoms with E-state index in [2.05, 4.69) is 0 Å². The molecule has 3 rings (SSSR count). The van der Waals surface area contributed by atoms with E-state index in [9.17, 15) is 9.18 Å². The molecule has 0 radical (unpaired) electrons. The number of nitrogens with zero attached hydrogens (tertiary/aromatic N) is 1. The van der Waals surface area contributed by atoms with Crippen LogP contribution in [0.15, 0.2) is 24.3 Å². The molecule has 1 atom stereocenters. The molecule has 1 saturated carbocycles. The molecule has 0 unspecified atom stereocenters. The lowest BCUT2D eigenvalue weighted by Crippen LogP contribution is -2.40. The Kier molecular flexibility index (Phi) is 4.04. The van der Waals surface area contributed by atoms with Gasteiger partial charge in [0.1, 0.15) is 5.82 Å². The van der Waals surface area contributed by atoms with Crippen LogP contribution in [0.1, 0.15) is 37.7 Å². The van der Waals surface area contributed by atoms with E-state index < -0.39 is 0 Å². The zero-order chi connectivity index (χ0) is 13.9. The fourth-order valence-corrected chi connectivity index (χ4v) is 3.15. The van der Waals surface area contributed by atoms with Gasteiger partial charge < -0.3 is 4.90 Å². The van der Waals surface area contributed by atoms with Crippen LogP contribution in [0.3, 0.4) is 0 Å². The van der Waals surface area contributed by atoms with Crippen LogP contribution >= 0.6 is 0 Å². The highest BCUT2D eigenvalue weighted by Gasteiger charge is 2.35. The third-order valence-corrected chi connectivity index (χ3v) is 4.54. The third-order valence-electron chi connectivity index (χ3n) is 4.54.